The third-order valence-electron chi connectivity index (χ3n) is 4.33. The molecule has 3 rings (SSSR count). The van der Waals surface area contributed by atoms with Crippen molar-refractivity contribution in [3.05, 3.63) is 35.9 Å². The van der Waals surface area contributed by atoms with Gasteiger partial charge in [0.15, 0.2) is 6.04 Å². The molecule has 8 nitrogen and oxygen atoms in total. The summed E-state index contributed by atoms with van der Waals surface area (Å²) in [5.41, 5.74) is 0.853. The van der Waals surface area contributed by atoms with E-state index in [1.807, 2.05) is 30.3 Å². The van der Waals surface area contributed by atoms with Gasteiger partial charge in [0.25, 0.3) is 0 Å². The van der Waals surface area contributed by atoms with Gasteiger partial charge in [0.1, 0.15) is 18.9 Å². The van der Waals surface area contributed by atoms with Crippen molar-refractivity contribution in [1.29, 1.82) is 0 Å². The van der Waals surface area contributed by atoms with E-state index in [9.17, 15) is 14.4 Å². The molecular formula is C17H20N2O6. The first-order chi connectivity index (χ1) is 12.1. The van der Waals surface area contributed by atoms with Gasteiger partial charge in [-0.3, -0.25) is 9.69 Å². The zero-order valence-corrected chi connectivity index (χ0v) is 13.8. The van der Waals surface area contributed by atoms with E-state index in [4.69, 9.17) is 14.2 Å². The number of esters is 1. The van der Waals surface area contributed by atoms with Crippen molar-refractivity contribution in [2.24, 2.45) is 0 Å². The van der Waals surface area contributed by atoms with Crippen LogP contribution in [0.4, 0.5) is 4.79 Å². The van der Waals surface area contributed by atoms with E-state index in [1.54, 1.807) is 0 Å². The van der Waals surface area contributed by atoms with Crippen molar-refractivity contribution < 1.29 is 28.6 Å². The lowest BCUT2D eigenvalue weighted by Gasteiger charge is -2.35. The molecule has 2 heterocycles. The Morgan fingerprint density at radius 1 is 1.28 bits per heavy atom. The number of methoxy groups -OCH3 is 1. The van der Waals surface area contributed by atoms with Crippen molar-refractivity contribution in [3.8, 4) is 0 Å². The van der Waals surface area contributed by atoms with Crippen LogP contribution in [0.1, 0.15) is 18.4 Å². The molecule has 1 N–H and O–H groups in total. The molecule has 0 spiro atoms. The van der Waals surface area contributed by atoms with Gasteiger partial charge < -0.3 is 19.5 Å². The zero-order valence-electron chi connectivity index (χ0n) is 13.8. The number of benzene rings is 1. The standard InChI is InChI=1S/C17H20N2O6/c1-23-16(21)13-10-24-14-8-7-12(15(20)19(13)14)18-17(22)25-9-11-5-3-2-4-6-11/h2-6,12-14H,7-10H2,1H3,(H,18,22)/t12-,13+,14+/m1/s1. The highest BCUT2D eigenvalue weighted by Gasteiger charge is 2.48. The van der Waals surface area contributed by atoms with Gasteiger partial charge in [0.2, 0.25) is 5.91 Å². The van der Waals surface area contributed by atoms with E-state index in [0.29, 0.717) is 12.8 Å². The highest BCUT2D eigenvalue weighted by Crippen LogP contribution is 2.28. The maximum absolute atomic E-state index is 12.6. The number of ether oxygens (including phenoxy) is 3. The molecule has 2 saturated heterocycles. The average molecular weight is 348 g/mol. The third kappa shape index (κ3) is 3.74. The molecule has 0 radical (unpaired) electrons. The lowest BCUT2D eigenvalue weighted by Crippen LogP contribution is -2.58. The first-order valence-electron chi connectivity index (χ1n) is 8.09. The van der Waals surface area contributed by atoms with Gasteiger partial charge >= 0.3 is 12.1 Å². The second-order valence-electron chi connectivity index (χ2n) is 5.91. The third-order valence-corrected chi connectivity index (χ3v) is 4.33. The molecule has 134 valence electrons. The molecule has 0 aromatic heterocycles. The topological polar surface area (TPSA) is 94.2 Å². The molecule has 0 unspecified atom stereocenters. The minimum absolute atomic E-state index is 0.105. The summed E-state index contributed by atoms with van der Waals surface area (Å²) in [5, 5.41) is 2.57. The van der Waals surface area contributed by atoms with Crippen LogP contribution in [0.15, 0.2) is 30.3 Å². The van der Waals surface area contributed by atoms with Crippen molar-refractivity contribution in [3.63, 3.8) is 0 Å². The number of piperidine rings is 1. The Labute approximate surface area is 145 Å². The van der Waals surface area contributed by atoms with Gasteiger partial charge in [-0.15, -0.1) is 0 Å². The van der Waals surface area contributed by atoms with Crippen LogP contribution in [0, 0.1) is 0 Å². The van der Waals surface area contributed by atoms with Gasteiger partial charge in [-0.2, -0.15) is 0 Å². The Kier molecular flexibility index (Phi) is 5.18. The predicted octanol–water partition coefficient (Wildman–Crippen LogP) is 0.802. The Bertz CT molecular complexity index is 650. The fourth-order valence-electron chi connectivity index (χ4n) is 3.05. The SMILES string of the molecule is COC(=O)[C@@H]1CO[C@H]2CC[C@@H](NC(=O)OCc3ccccc3)C(=O)N21. The van der Waals surface area contributed by atoms with Crippen LogP contribution in [0.2, 0.25) is 0 Å². The Morgan fingerprint density at radius 2 is 2.04 bits per heavy atom. The fraction of sp³-hybridized carbons (Fsp3) is 0.471. The zero-order chi connectivity index (χ0) is 17.8. The Balaban J connectivity index is 1.57. The molecule has 0 bridgehead atoms. The van der Waals surface area contributed by atoms with Crippen LogP contribution in [-0.2, 0) is 30.4 Å². The summed E-state index contributed by atoms with van der Waals surface area (Å²) >= 11 is 0. The summed E-state index contributed by atoms with van der Waals surface area (Å²) in [7, 11) is 1.26. The Hall–Kier alpha value is -2.61. The smallest absolute Gasteiger partial charge is 0.408 e. The lowest BCUT2D eigenvalue weighted by molar-refractivity contribution is -0.156. The number of nitrogens with one attached hydrogen (secondary N) is 1. The molecule has 0 aliphatic carbocycles. The van der Waals surface area contributed by atoms with E-state index in [1.165, 1.54) is 12.0 Å². The second-order valence-corrected chi connectivity index (χ2v) is 5.91. The van der Waals surface area contributed by atoms with E-state index >= 15 is 0 Å². The van der Waals surface area contributed by atoms with Crippen LogP contribution < -0.4 is 5.32 Å². The minimum Gasteiger partial charge on any atom is -0.467 e. The first-order valence-corrected chi connectivity index (χ1v) is 8.09. The molecule has 8 heteroatoms. The molecule has 2 aliphatic heterocycles. The number of carbonyl (C=O) groups excluding carboxylic acids is 3. The number of carbonyl (C=O) groups is 3. The fourth-order valence-corrected chi connectivity index (χ4v) is 3.05. The van der Waals surface area contributed by atoms with E-state index in [-0.39, 0.29) is 19.1 Å². The number of fused-ring (bicyclic) bond motifs is 1. The van der Waals surface area contributed by atoms with Gasteiger partial charge in [0.05, 0.1) is 13.7 Å². The summed E-state index contributed by atoms with van der Waals surface area (Å²) in [6.45, 7) is 0.224. The molecule has 2 aliphatic rings. The van der Waals surface area contributed by atoms with Crippen molar-refractivity contribution in [2.75, 3.05) is 13.7 Å². The van der Waals surface area contributed by atoms with Crippen LogP contribution >= 0.6 is 0 Å². The van der Waals surface area contributed by atoms with Crippen LogP contribution in [0.5, 0.6) is 0 Å². The van der Waals surface area contributed by atoms with E-state index < -0.39 is 30.4 Å². The molecule has 3 atom stereocenters. The number of rotatable bonds is 4. The maximum Gasteiger partial charge on any atom is 0.408 e. The first kappa shape index (κ1) is 17.2. The van der Waals surface area contributed by atoms with Gasteiger partial charge in [-0.05, 0) is 18.4 Å². The normalized spacial score (nSPS) is 25.2. The van der Waals surface area contributed by atoms with Crippen molar-refractivity contribution >= 4 is 18.0 Å². The highest BCUT2D eigenvalue weighted by atomic mass is 16.6. The van der Waals surface area contributed by atoms with Gasteiger partial charge in [-0.1, -0.05) is 30.3 Å². The highest BCUT2D eigenvalue weighted by molar-refractivity contribution is 5.91. The number of nitrogens with zero attached hydrogens (tertiary/aromatic N) is 1. The summed E-state index contributed by atoms with van der Waals surface area (Å²) < 4.78 is 15.3. The van der Waals surface area contributed by atoms with Crippen molar-refractivity contribution in [1.82, 2.24) is 10.2 Å². The van der Waals surface area contributed by atoms with E-state index in [2.05, 4.69) is 5.32 Å². The molecule has 1 aromatic rings. The van der Waals surface area contributed by atoms with Crippen LogP contribution in [0.25, 0.3) is 0 Å². The predicted molar refractivity (Wildman–Crippen MR) is 85.2 cm³/mol. The molecule has 2 fully saturated rings. The molecule has 25 heavy (non-hydrogen) atoms. The molecular weight excluding hydrogens is 328 g/mol. The summed E-state index contributed by atoms with van der Waals surface area (Å²) in [5.74, 6) is -0.885. The number of hydrogen-bond acceptors (Lipinski definition) is 6. The Morgan fingerprint density at radius 3 is 2.76 bits per heavy atom. The summed E-state index contributed by atoms with van der Waals surface area (Å²) in [6.07, 6.45) is -0.164. The molecule has 1 aromatic carbocycles. The largest absolute Gasteiger partial charge is 0.467 e. The minimum atomic E-state index is -0.771. The number of alkyl carbamates (subject to hydrolysis) is 1. The number of amides is 2. The van der Waals surface area contributed by atoms with Crippen LogP contribution in [-0.4, -0.2) is 54.9 Å². The summed E-state index contributed by atoms with van der Waals surface area (Å²) in [4.78, 5) is 37.7. The van der Waals surface area contributed by atoms with Gasteiger partial charge in [-0.25, -0.2) is 9.59 Å². The van der Waals surface area contributed by atoms with Gasteiger partial charge in [0, 0.05) is 0 Å². The maximum atomic E-state index is 12.6. The second kappa shape index (κ2) is 7.52. The van der Waals surface area contributed by atoms with E-state index in [0.717, 1.165) is 5.56 Å². The molecule has 0 saturated carbocycles. The number of hydrogen-bond donors (Lipinski definition) is 1. The lowest BCUT2D eigenvalue weighted by atomic mass is 10.0. The van der Waals surface area contributed by atoms with Crippen molar-refractivity contribution in [2.45, 2.75) is 37.8 Å². The van der Waals surface area contributed by atoms with Crippen LogP contribution in [0.3, 0.4) is 0 Å². The average Bonchev–Trinajstić information content (AvgIpc) is 3.07. The monoisotopic (exact) mass is 348 g/mol. The molecule has 2 amide bonds. The quantitative estimate of drug-likeness (QED) is 0.809. The summed E-state index contributed by atoms with van der Waals surface area (Å²) in [6, 6.07) is 7.74.